The third-order valence-corrected chi connectivity index (χ3v) is 4.31. The van der Waals surface area contributed by atoms with E-state index in [1.807, 2.05) is 42.2 Å². The molecule has 0 aliphatic rings. The van der Waals surface area contributed by atoms with Crippen molar-refractivity contribution < 1.29 is 5.11 Å². The van der Waals surface area contributed by atoms with Crippen molar-refractivity contribution in [3.8, 4) is 0 Å². The zero-order chi connectivity index (χ0) is 17.8. The number of nitrogens with zero attached hydrogens (tertiary/aromatic N) is 5. The van der Waals surface area contributed by atoms with E-state index in [1.54, 1.807) is 6.33 Å². The molecule has 0 atom stereocenters. The molecule has 3 rings (SSSR count). The Hall–Kier alpha value is -2.47. The lowest BCUT2D eigenvalue weighted by Gasteiger charge is -2.19. The van der Waals surface area contributed by atoms with Gasteiger partial charge in [0.2, 0.25) is 0 Å². The summed E-state index contributed by atoms with van der Waals surface area (Å²) in [5.41, 5.74) is 3.67. The zero-order valence-electron chi connectivity index (χ0n) is 15.1. The maximum Gasteiger partial charge on any atom is 0.165 e. The molecule has 0 amide bonds. The van der Waals surface area contributed by atoms with E-state index in [0.717, 1.165) is 41.1 Å². The van der Waals surface area contributed by atoms with Crippen LogP contribution in [-0.2, 0) is 13.2 Å². The molecule has 0 spiro atoms. The third-order valence-electron chi connectivity index (χ3n) is 4.31. The quantitative estimate of drug-likeness (QED) is 0.717. The molecule has 6 nitrogen and oxygen atoms in total. The van der Waals surface area contributed by atoms with Crippen LogP contribution in [0.3, 0.4) is 0 Å². The molecule has 0 bridgehead atoms. The van der Waals surface area contributed by atoms with Crippen molar-refractivity contribution in [2.24, 2.45) is 5.92 Å². The van der Waals surface area contributed by atoms with E-state index in [4.69, 9.17) is 0 Å². The Kier molecular flexibility index (Phi) is 5.28. The summed E-state index contributed by atoms with van der Waals surface area (Å²) in [6.07, 6.45) is 4.52. The Labute approximate surface area is 148 Å². The second-order valence-corrected chi connectivity index (χ2v) is 6.82. The van der Waals surface area contributed by atoms with Gasteiger partial charge in [0, 0.05) is 13.6 Å². The van der Waals surface area contributed by atoms with Gasteiger partial charge in [-0.25, -0.2) is 15.0 Å². The fraction of sp³-hybridized carbons (Fsp3) is 0.421. The number of hydrogen-bond donors (Lipinski definition) is 1. The first kappa shape index (κ1) is 17.4. The van der Waals surface area contributed by atoms with Crippen LogP contribution in [0.25, 0.3) is 11.2 Å². The Morgan fingerprint density at radius 1 is 1.16 bits per heavy atom. The van der Waals surface area contributed by atoms with Crippen LogP contribution in [-0.4, -0.2) is 38.2 Å². The van der Waals surface area contributed by atoms with E-state index >= 15 is 0 Å². The average molecular weight is 339 g/mol. The number of hydrogen-bond acceptors (Lipinski definition) is 5. The summed E-state index contributed by atoms with van der Waals surface area (Å²) in [6.45, 7) is 6.09. The first-order valence-corrected chi connectivity index (χ1v) is 8.64. The van der Waals surface area contributed by atoms with Crippen molar-refractivity contribution >= 4 is 17.0 Å². The standard InChI is InChI=1S/C19H25N5O/c1-14(2)7-8-23(3)18-17-19(21-12-20-18)24(13-22-17)10-15-5-4-6-16(9-15)11-25/h4-6,9,12-14,25H,7-8,10-11H2,1-3H3. The van der Waals surface area contributed by atoms with Crippen LogP contribution >= 0.6 is 0 Å². The van der Waals surface area contributed by atoms with Gasteiger partial charge in [0.15, 0.2) is 17.0 Å². The normalized spacial score (nSPS) is 11.4. The average Bonchev–Trinajstić information content (AvgIpc) is 3.02. The van der Waals surface area contributed by atoms with Gasteiger partial charge in [-0.3, -0.25) is 0 Å². The van der Waals surface area contributed by atoms with Crippen LogP contribution in [0.15, 0.2) is 36.9 Å². The summed E-state index contributed by atoms with van der Waals surface area (Å²) in [5, 5.41) is 9.30. The number of imidazole rings is 1. The highest BCUT2D eigenvalue weighted by atomic mass is 16.3. The monoisotopic (exact) mass is 339 g/mol. The smallest absolute Gasteiger partial charge is 0.165 e. The van der Waals surface area contributed by atoms with Crippen LogP contribution in [0.1, 0.15) is 31.4 Å². The maximum absolute atomic E-state index is 9.30. The van der Waals surface area contributed by atoms with Crippen molar-refractivity contribution in [1.29, 1.82) is 0 Å². The fourth-order valence-electron chi connectivity index (χ4n) is 2.84. The SMILES string of the molecule is CC(C)CCN(C)c1ncnc2c1ncn2Cc1cccc(CO)c1. The van der Waals surface area contributed by atoms with Gasteiger partial charge < -0.3 is 14.6 Å². The molecule has 0 unspecified atom stereocenters. The third kappa shape index (κ3) is 3.96. The number of aliphatic hydroxyl groups is 1. The van der Waals surface area contributed by atoms with Crippen molar-refractivity contribution in [3.63, 3.8) is 0 Å². The van der Waals surface area contributed by atoms with Gasteiger partial charge in [0.25, 0.3) is 0 Å². The summed E-state index contributed by atoms with van der Waals surface area (Å²) in [5.74, 6) is 1.52. The molecular formula is C19H25N5O. The molecule has 0 aliphatic carbocycles. The predicted octanol–water partition coefficient (Wildman–Crippen LogP) is 2.85. The fourth-order valence-corrected chi connectivity index (χ4v) is 2.84. The van der Waals surface area contributed by atoms with Gasteiger partial charge in [-0.2, -0.15) is 0 Å². The van der Waals surface area contributed by atoms with Gasteiger partial charge in [-0.15, -0.1) is 0 Å². The van der Waals surface area contributed by atoms with Crippen LogP contribution in [0.5, 0.6) is 0 Å². The number of anilines is 1. The van der Waals surface area contributed by atoms with Gasteiger partial charge >= 0.3 is 0 Å². The molecule has 0 saturated heterocycles. The first-order valence-electron chi connectivity index (χ1n) is 8.64. The topological polar surface area (TPSA) is 67.1 Å². The Balaban J connectivity index is 1.87. The minimum absolute atomic E-state index is 0.0471. The summed E-state index contributed by atoms with van der Waals surface area (Å²) >= 11 is 0. The second kappa shape index (κ2) is 7.61. The molecule has 6 heteroatoms. The lowest BCUT2D eigenvalue weighted by atomic mass is 10.1. The van der Waals surface area contributed by atoms with Gasteiger partial charge in [0.1, 0.15) is 6.33 Å². The van der Waals surface area contributed by atoms with Crippen LogP contribution in [0, 0.1) is 5.92 Å². The van der Waals surface area contributed by atoms with Gasteiger partial charge in [-0.05, 0) is 23.5 Å². The number of aliphatic hydroxyl groups excluding tert-OH is 1. The summed E-state index contributed by atoms with van der Waals surface area (Å²) in [7, 11) is 2.05. The number of benzene rings is 1. The minimum Gasteiger partial charge on any atom is -0.392 e. The van der Waals surface area contributed by atoms with E-state index in [9.17, 15) is 5.11 Å². The molecule has 0 radical (unpaired) electrons. The van der Waals surface area contributed by atoms with Crippen LogP contribution in [0.4, 0.5) is 5.82 Å². The molecule has 1 N–H and O–H groups in total. The van der Waals surface area contributed by atoms with E-state index < -0.39 is 0 Å². The minimum atomic E-state index is 0.0471. The highest BCUT2D eigenvalue weighted by molar-refractivity contribution is 5.83. The van der Waals surface area contributed by atoms with Gasteiger partial charge in [0.05, 0.1) is 19.5 Å². The van der Waals surface area contributed by atoms with E-state index in [-0.39, 0.29) is 6.61 Å². The molecule has 3 aromatic rings. The van der Waals surface area contributed by atoms with E-state index in [1.165, 1.54) is 0 Å². The number of fused-ring (bicyclic) bond motifs is 1. The van der Waals surface area contributed by atoms with E-state index in [2.05, 4.69) is 33.7 Å². The van der Waals surface area contributed by atoms with Crippen molar-refractivity contribution in [2.75, 3.05) is 18.5 Å². The molecule has 0 aliphatic heterocycles. The summed E-state index contributed by atoms with van der Waals surface area (Å²) in [6, 6.07) is 7.92. The number of rotatable bonds is 7. The second-order valence-electron chi connectivity index (χ2n) is 6.82. The molecule has 1 aromatic carbocycles. The highest BCUT2D eigenvalue weighted by Crippen LogP contribution is 2.22. The lowest BCUT2D eigenvalue weighted by Crippen LogP contribution is -2.21. The van der Waals surface area contributed by atoms with Crippen LogP contribution < -0.4 is 4.90 Å². The summed E-state index contributed by atoms with van der Waals surface area (Å²) in [4.78, 5) is 15.6. The Bertz CT molecular complexity index is 843. The maximum atomic E-state index is 9.30. The molecule has 2 aromatic heterocycles. The molecule has 2 heterocycles. The largest absolute Gasteiger partial charge is 0.392 e. The molecule has 25 heavy (non-hydrogen) atoms. The lowest BCUT2D eigenvalue weighted by molar-refractivity contribution is 0.281. The highest BCUT2D eigenvalue weighted by Gasteiger charge is 2.14. The molecule has 132 valence electrons. The predicted molar refractivity (Wildman–Crippen MR) is 99.5 cm³/mol. The molecule has 0 fully saturated rings. The van der Waals surface area contributed by atoms with Crippen LogP contribution in [0.2, 0.25) is 0 Å². The number of aromatic nitrogens is 4. The van der Waals surface area contributed by atoms with Gasteiger partial charge in [-0.1, -0.05) is 38.1 Å². The van der Waals surface area contributed by atoms with Crippen molar-refractivity contribution in [2.45, 2.75) is 33.4 Å². The Morgan fingerprint density at radius 2 is 1.96 bits per heavy atom. The zero-order valence-corrected chi connectivity index (χ0v) is 15.1. The van der Waals surface area contributed by atoms with E-state index in [0.29, 0.717) is 12.5 Å². The molecule has 0 saturated carbocycles. The first-order chi connectivity index (χ1) is 12.1. The summed E-state index contributed by atoms with van der Waals surface area (Å²) < 4.78 is 2.02. The van der Waals surface area contributed by atoms with Crippen molar-refractivity contribution in [3.05, 3.63) is 48.0 Å². The molecular weight excluding hydrogens is 314 g/mol. The van der Waals surface area contributed by atoms with Crippen molar-refractivity contribution in [1.82, 2.24) is 19.5 Å². The Morgan fingerprint density at radius 3 is 2.72 bits per heavy atom.